The monoisotopic (exact) mass is 249 g/mol. The Bertz CT molecular complexity index is 287. The van der Waals surface area contributed by atoms with E-state index >= 15 is 0 Å². The van der Waals surface area contributed by atoms with Gasteiger partial charge in [-0.2, -0.15) is 0 Å². The lowest BCUT2D eigenvalue weighted by Crippen LogP contribution is -2.22. The fourth-order valence-electron chi connectivity index (χ4n) is 1.97. The molecule has 0 spiro atoms. The second-order valence-corrected chi connectivity index (χ2v) is 4.82. The van der Waals surface area contributed by atoms with Crippen molar-refractivity contribution >= 4 is 0 Å². The van der Waals surface area contributed by atoms with E-state index in [0.717, 1.165) is 26.1 Å². The minimum atomic E-state index is 1.09. The summed E-state index contributed by atoms with van der Waals surface area (Å²) in [5, 5.41) is 3.36. The molecule has 1 N–H and O–H groups in total. The van der Waals surface area contributed by atoms with E-state index in [4.69, 9.17) is 0 Å². The highest BCUT2D eigenvalue weighted by molar-refractivity contribution is 5.09. The van der Waals surface area contributed by atoms with Gasteiger partial charge in [-0.1, -0.05) is 13.3 Å². The largest absolute Gasteiger partial charge is 0.317 e. The fraction of sp³-hybridized carbons (Fsp3) is 0.667. The molecule has 0 aliphatic carbocycles. The quantitative estimate of drug-likeness (QED) is 0.645. The molecule has 1 aromatic heterocycles. The smallest absolute Gasteiger partial charge is 0.0270 e. The van der Waals surface area contributed by atoms with Crippen molar-refractivity contribution < 1.29 is 0 Å². The summed E-state index contributed by atoms with van der Waals surface area (Å²) in [6.45, 7) is 6.75. The van der Waals surface area contributed by atoms with Gasteiger partial charge in [0.25, 0.3) is 0 Å². The first-order chi connectivity index (χ1) is 8.83. The van der Waals surface area contributed by atoms with E-state index in [0.29, 0.717) is 0 Å². The molecule has 3 heteroatoms. The third-order valence-electron chi connectivity index (χ3n) is 3.17. The van der Waals surface area contributed by atoms with Gasteiger partial charge in [-0.3, -0.25) is 4.98 Å². The predicted molar refractivity (Wildman–Crippen MR) is 77.8 cm³/mol. The van der Waals surface area contributed by atoms with E-state index in [9.17, 15) is 0 Å². The van der Waals surface area contributed by atoms with E-state index in [-0.39, 0.29) is 0 Å². The Morgan fingerprint density at radius 3 is 2.61 bits per heavy atom. The SMILES string of the molecule is CCNCCCCCN(C)CCc1ccncc1. The van der Waals surface area contributed by atoms with Crippen LogP contribution in [0, 0.1) is 0 Å². The number of aromatic nitrogens is 1. The van der Waals surface area contributed by atoms with Crippen LogP contribution in [0.3, 0.4) is 0 Å². The standard InChI is InChI=1S/C15H27N3/c1-3-16-10-5-4-6-13-18(2)14-9-15-7-11-17-12-8-15/h7-8,11-12,16H,3-6,9-10,13-14H2,1-2H3. The molecule has 0 atom stereocenters. The molecule has 1 aromatic rings. The zero-order valence-corrected chi connectivity index (χ0v) is 11.9. The molecule has 0 amide bonds. The highest BCUT2D eigenvalue weighted by Gasteiger charge is 1.99. The van der Waals surface area contributed by atoms with Gasteiger partial charge in [-0.15, -0.1) is 0 Å². The lowest BCUT2D eigenvalue weighted by atomic mass is 10.2. The van der Waals surface area contributed by atoms with Gasteiger partial charge in [-0.05, 0) is 63.6 Å². The van der Waals surface area contributed by atoms with Gasteiger partial charge in [0.05, 0.1) is 0 Å². The van der Waals surface area contributed by atoms with Gasteiger partial charge in [0, 0.05) is 18.9 Å². The number of nitrogens with one attached hydrogen (secondary N) is 1. The van der Waals surface area contributed by atoms with Crippen molar-refractivity contribution in [3.05, 3.63) is 30.1 Å². The van der Waals surface area contributed by atoms with Crippen molar-refractivity contribution in [1.82, 2.24) is 15.2 Å². The summed E-state index contributed by atoms with van der Waals surface area (Å²) >= 11 is 0. The molecule has 0 unspecified atom stereocenters. The van der Waals surface area contributed by atoms with Crippen LogP contribution in [0.5, 0.6) is 0 Å². The molecular formula is C15H27N3. The molecule has 0 aromatic carbocycles. The van der Waals surface area contributed by atoms with Crippen LogP contribution in [0.1, 0.15) is 31.7 Å². The fourth-order valence-corrected chi connectivity index (χ4v) is 1.97. The Labute approximate surface area is 112 Å². The summed E-state index contributed by atoms with van der Waals surface area (Å²) in [5.41, 5.74) is 1.38. The Morgan fingerprint density at radius 2 is 1.89 bits per heavy atom. The summed E-state index contributed by atoms with van der Waals surface area (Å²) < 4.78 is 0. The number of rotatable bonds is 10. The second-order valence-electron chi connectivity index (χ2n) is 4.82. The third-order valence-corrected chi connectivity index (χ3v) is 3.17. The van der Waals surface area contributed by atoms with Crippen LogP contribution in [0.2, 0.25) is 0 Å². The number of likely N-dealkylation sites (N-methyl/N-ethyl adjacent to an activating group) is 1. The minimum Gasteiger partial charge on any atom is -0.317 e. The minimum absolute atomic E-state index is 1.09. The highest BCUT2D eigenvalue weighted by atomic mass is 15.1. The Kier molecular flexibility index (Phi) is 8.43. The molecule has 1 heterocycles. The first-order valence-corrected chi connectivity index (χ1v) is 7.11. The molecule has 0 saturated carbocycles. The number of hydrogen-bond acceptors (Lipinski definition) is 3. The molecule has 102 valence electrons. The van der Waals surface area contributed by atoms with Crippen molar-refractivity contribution in [1.29, 1.82) is 0 Å². The van der Waals surface area contributed by atoms with Crippen LogP contribution >= 0.6 is 0 Å². The maximum Gasteiger partial charge on any atom is 0.0270 e. The maximum absolute atomic E-state index is 4.04. The molecule has 0 radical (unpaired) electrons. The third kappa shape index (κ3) is 7.41. The van der Waals surface area contributed by atoms with E-state index < -0.39 is 0 Å². The van der Waals surface area contributed by atoms with Gasteiger partial charge in [0.1, 0.15) is 0 Å². The molecule has 0 fully saturated rings. The van der Waals surface area contributed by atoms with E-state index in [2.05, 4.69) is 41.3 Å². The summed E-state index contributed by atoms with van der Waals surface area (Å²) in [5.74, 6) is 0. The molecule has 0 saturated heterocycles. The number of pyridine rings is 1. The predicted octanol–water partition coefficient (Wildman–Crippen LogP) is 2.34. The Morgan fingerprint density at radius 1 is 1.11 bits per heavy atom. The Balaban J connectivity index is 1.99. The summed E-state index contributed by atoms with van der Waals surface area (Å²) in [6, 6.07) is 4.20. The van der Waals surface area contributed by atoms with Gasteiger partial charge in [-0.25, -0.2) is 0 Å². The van der Waals surface area contributed by atoms with Crippen LogP contribution in [0.15, 0.2) is 24.5 Å². The number of unbranched alkanes of at least 4 members (excludes halogenated alkanes) is 2. The average molecular weight is 249 g/mol. The second kappa shape index (κ2) is 10.0. The lowest BCUT2D eigenvalue weighted by Gasteiger charge is -2.16. The molecule has 0 aliphatic rings. The highest BCUT2D eigenvalue weighted by Crippen LogP contribution is 2.01. The van der Waals surface area contributed by atoms with Crippen LogP contribution in [0.25, 0.3) is 0 Å². The van der Waals surface area contributed by atoms with Crippen LogP contribution in [0.4, 0.5) is 0 Å². The molecule has 0 aliphatic heterocycles. The van der Waals surface area contributed by atoms with Crippen LogP contribution in [-0.4, -0.2) is 43.1 Å². The van der Waals surface area contributed by atoms with E-state index in [1.165, 1.54) is 31.4 Å². The number of nitrogens with zero attached hydrogens (tertiary/aromatic N) is 2. The zero-order chi connectivity index (χ0) is 13.1. The molecular weight excluding hydrogens is 222 g/mol. The first kappa shape index (κ1) is 15.1. The molecule has 0 bridgehead atoms. The summed E-state index contributed by atoms with van der Waals surface area (Å²) in [4.78, 5) is 6.46. The first-order valence-electron chi connectivity index (χ1n) is 7.11. The van der Waals surface area contributed by atoms with E-state index in [1.54, 1.807) is 0 Å². The van der Waals surface area contributed by atoms with Crippen molar-refractivity contribution in [2.24, 2.45) is 0 Å². The Hall–Kier alpha value is -0.930. The van der Waals surface area contributed by atoms with Crippen LogP contribution < -0.4 is 5.32 Å². The summed E-state index contributed by atoms with van der Waals surface area (Å²) in [6.07, 6.45) is 8.79. The van der Waals surface area contributed by atoms with Gasteiger partial charge in [0.15, 0.2) is 0 Å². The summed E-state index contributed by atoms with van der Waals surface area (Å²) in [7, 11) is 2.21. The topological polar surface area (TPSA) is 28.2 Å². The lowest BCUT2D eigenvalue weighted by molar-refractivity contribution is 0.328. The normalized spacial score (nSPS) is 11.1. The van der Waals surface area contributed by atoms with Crippen molar-refractivity contribution in [3.63, 3.8) is 0 Å². The molecule has 18 heavy (non-hydrogen) atoms. The van der Waals surface area contributed by atoms with Gasteiger partial charge >= 0.3 is 0 Å². The molecule has 3 nitrogen and oxygen atoms in total. The maximum atomic E-state index is 4.04. The molecule has 1 rings (SSSR count). The van der Waals surface area contributed by atoms with Gasteiger partial charge in [0.2, 0.25) is 0 Å². The number of hydrogen-bond donors (Lipinski definition) is 1. The van der Waals surface area contributed by atoms with Crippen molar-refractivity contribution in [2.45, 2.75) is 32.6 Å². The van der Waals surface area contributed by atoms with Crippen LogP contribution in [-0.2, 0) is 6.42 Å². The average Bonchev–Trinajstić information content (AvgIpc) is 2.41. The van der Waals surface area contributed by atoms with Crippen molar-refractivity contribution in [2.75, 3.05) is 33.2 Å². The van der Waals surface area contributed by atoms with Gasteiger partial charge < -0.3 is 10.2 Å². The zero-order valence-electron chi connectivity index (χ0n) is 11.9. The van der Waals surface area contributed by atoms with Crippen molar-refractivity contribution in [3.8, 4) is 0 Å². The van der Waals surface area contributed by atoms with E-state index in [1.807, 2.05) is 12.4 Å².